The molecule has 2 unspecified atom stereocenters. The lowest BCUT2D eigenvalue weighted by Gasteiger charge is -2.25. The van der Waals surface area contributed by atoms with Crippen LogP contribution in [0.5, 0.6) is 11.6 Å². The number of aryl methyl sites for hydroxylation is 1. The molecule has 0 saturated heterocycles. The Bertz CT molecular complexity index is 1140. The van der Waals surface area contributed by atoms with Gasteiger partial charge in [0.15, 0.2) is 5.88 Å². The molecule has 1 aromatic heterocycles. The highest BCUT2D eigenvalue weighted by Crippen LogP contribution is 2.37. The number of ether oxygens (including phenoxy) is 1. The van der Waals surface area contributed by atoms with Gasteiger partial charge in [0.05, 0.1) is 18.4 Å². The smallest absolute Gasteiger partial charge is 0.198 e. The lowest BCUT2D eigenvalue weighted by molar-refractivity contribution is 0.404. The van der Waals surface area contributed by atoms with Crippen LogP contribution in [-0.2, 0) is 6.42 Å². The first-order valence-electron chi connectivity index (χ1n) is 10.7. The van der Waals surface area contributed by atoms with Gasteiger partial charge in [0.1, 0.15) is 11.6 Å². The summed E-state index contributed by atoms with van der Waals surface area (Å²) < 4.78 is 5.70. The third-order valence-corrected chi connectivity index (χ3v) is 5.83. The van der Waals surface area contributed by atoms with E-state index in [4.69, 9.17) is 10.1 Å². The zero-order valence-corrected chi connectivity index (χ0v) is 18.9. The van der Waals surface area contributed by atoms with Gasteiger partial charge in [-0.3, -0.25) is 5.41 Å². The standard InChI is InChI=1S/C25H32N4O2/c1-6-16-8-9-22(31-5)19(12-16)18-14-20-21(13-17(18)7-2)29-25(30)24(20)15(3)28-23(26)10-11-27-4/h8-14,17-18,26-27,29-30H,6-7H2,1-5H3/b11-10-,26-23?,28-15?. The van der Waals surface area contributed by atoms with Crippen LogP contribution in [-0.4, -0.2) is 35.8 Å². The van der Waals surface area contributed by atoms with Gasteiger partial charge in [-0.1, -0.05) is 38.1 Å². The van der Waals surface area contributed by atoms with Crippen LogP contribution in [0.1, 0.15) is 49.8 Å². The molecule has 0 radical (unpaired) electrons. The second-order valence-electron chi connectivity index (χ2n) is 7.74. The normalized spacial score (nSPS) is 18.3. The number of hydrogen-bond acceptors (Lipinski definition) is 4. The van der Waals surface area contributed by atoms with Crippen LogP contribution in [0, 0.1) is 11.3 Å². The summed E-state index contributed by atoms with van der Waals surface area (Å²) >= 11 is 0. The van der Waals surface area contributed by atoms with E-state index < -0.39 is 0 Å². The number of nitrogens with zero attached hydrogens (tertiary/aromatic N) is 1. The molecular weight excluding hydrogens is 388 g/mol. The first-order chi connectivity index (χ1) is 14.9. The zero-order chi connectivity index (χ0) is 22.5. The molecule has 164 valence electrons. The molecule has 31 heavy (non-hydrogen) atoms. The summed E-state index contributed by atoms with van der Waals surface area (Å²) in [5, 5.41) is 23.4. The molecule has 0 amide bonds. The van der Waals surface area contributed by atoms with Gasteiger partial charge < -0.3 is 20.1 Å². The third kappa shape index (κ3) is 4.58. The van der Waals surface area contributed by atoms with Crippen molar-refractivity contribution in [3.8, 4) is 11.6 Å². The van der Waals surface area contributed by atoms with Crippen LogP contribution in [0.15, 0.2) is 35.5 Å². The van der Waals surface area contributed by atoms with Gasteiger partial charge in [-0.05, 0) is 49.6 Å². The fourth-order valence-electron chi connectivity index (χ4n) is 4.20. The molecule has 4 N–H and O–H groups in total. The minimum atomic E-state index is 0.0777. The fraction of sp³-hybridized carbons (Fsp3) is 0.360. The Hall–Kier alpha value is -3.28. The van der Waals surface area contributed by atoms with Crippen molar-refractivity contribution in [3.05, 3.63) is 57.7 Å². The molecule has 1 aromatic carbocycles. The number of H-pyrrole nitrogens is 1. The number of aliphatic imine (C=N–C) groups is 1. The van der Waals surface area contributed by atoms with Gasteiger partial charge in [0.25, 0.3) is 0 Å². The fourth-order valence-corrected chi connectivity index (χ4v) is 4.20. The van der Waals surface area contributed by atoms with E-state index in [1.165, 1.54) is 5.56 Å². The number of fused-ring (bicyclic) bond motifs is 1. The molecule has 1 aliphatic rings. The second-order valence-corrected chi connectivity index (χ2v) is 7.74. The first-order valence-corrected chi connectivity index (χ1v) is 10.7. The second kappa shape index (κ2) is 9.69. The molecular formula is C25H32N4O2. The predicted octanol–water partition coefficient (Wildman–Crippen LogP) is 3.20. The van der Waals surface area contributed by atoms with Crippen LogP contribution in [0.3, 0.4) is 0 Å². The lowest BCUT2D eigenvalue weighted by atomic mass is 9.80. The largest absolute Gasteiger partial charge is 0.496 e. The quantitative estimate of drug-likeness (QED) is 0.409. The minimum absolute atomic E-state index is 0.0777. The Balaban J connectivity index is 2.18. The summed E-state index contributed by atoms with van der Waals surface area (Å²) in [6.45, 7) is 6.14. The number of aromatic nitrogens is 1. The van der Waals surface area contributed by atoms with E-state index in [0.717, 1.165) is 34.7 Å². The highest BCUT2D eigenvalue weighted by atomic mass is 16.5. The van der Waals surface area contributed by atoms with Crippen molar-refractivity contribution < 1.29 is 9.84 Å². The summed E-state index contributed by atoms with van der Waals surface area (Å²) in [6.07, 6.45) is 9.55. The van der Waals surface area contributed by atoms with Crippen molar-refractivity contribution in [3.63, 3.8) is 0 Å². The Morgan fingerprint density at radius 2 is 2.10 bits per heavy atom. The Morgan fingerprint density at radius 1 is 1.32 bits per heavy atom. The molecule has 3 rings (SSSR count). The predicted molar refractivity (Wildman–Crippen MR) is 128 cm³/mol. The number of aromatic hydroxyl groups is 1. The van der Waals surface area contributed by atoms with Gasteiger partial charge in [0.2, 0.25) is 0 Å². The van der Waals surface area contributed by atoms with E-state index in [2.05, 4.69) is 53.4 Å². The van der Waals surface area contributed by atoms with E-state index in [1.54, 1.807) is 26.4 Å². The minimum Gasteiger partial charge on any atom is -0.496 e. The van der Waals surface area contributed by atoms with Gasteiger partial charge >= 0.3 is 0 Å². The Kier molecular flexibility index (Phi) is 7.00. The van der Waals surface area contributed by atoms with Crippen LogP contribution in [0.25, 0.3) is 12.2 Å². The first kappa shape index (κ1) is 22.4. The highest BCUT2D eigenvalue weighted by molar-refractivity contribution is 6.09. The number of benzene rings is 1. The third-order valence-electron chi connectivity index (χ3n) is 5.83. The summed E-state index contributed by atoms with van der Waals surface area (Å²) in [7, 11) is 3.48. The maximum absolute atomic E-state index is 10.7. The Labute approximate surface area is 183 Å². The van der Waals surface area contributed by atoms with Crippen molar-refractivity contribution in [1.82, 2.24) is 10.3 Å². The molecule has 6 nitrogen and oxygen atoms in total. The number of rotatable bonds is 7. The summed E-state index contributed by atoms with van der Waals surface area (Å²) in [4.78, 5) is 7.46. The van der Waals surface area contributed by atoms with Crippen LogP contribution >= 0.6 is 0 Å². The molecule has 1 aliphatic carbocycles. The van der Waals surface area contributed by atoms with Crippen molar-refractivity contribution in [1.29, 1.82) is 5.41 Å². The molecule has 0 fully saturated rings. The van der Waals surface area contributed by atoms with Gasteiger partial charge in [-0.15, -0.1) is 0 Å². The molecule has 2 aromatic rings. The highest BCUT2D eigenvalue weighted by Gasteiger charge is 2.26. The van der Waals surface area contributed by atoms with Crippen molar-refractivity contribution >= 4 is 23.7 Å². The average molecular weight is 421 g/mol. The van der Waals surface area contributed by atoms with E-state index >= 15 is 0 Å². The molecule has 2 atom stereocenters. The summed E-state index contributed by atoms with van der Waals surface area (Å²) in [6, 6.07) is 6.38. The maximum Gasteiger partial charge on any atom is 0.198 e. The topological polar surface area (TPSA) is 93.5 Å². The number of nitrogens with one attached hydrogen (secondary N) is 3. The van der Waals surface area contributed by atoms with Crippen LogP contribution in [0.4, 0.5) is 0 Å². The van der Waals surface area contributed by atoms with Crippen molar-refractivity contribution in [2.24, 2.45) is 10.9 Å². The van der Waals surface area contributed by atoms with Crippen molar-refractivity contribution in [2.45, 2.75) is 39.5 Å². The average Bonchev–Trinajstić information content (AvgIpc) is 3.10. The van der Waals surface area contributed by atoms with Crippen LogP contribution in [0.2, 0.25) is 0 Å². The zero-order valence-electron chi connectivity index (χ0n) is 18.9. The molecule has 0 spiro atoms. The molecule has 0 aliphatic heterocycles. The monoisotopic (exact) mass is 420 g/mol. The van der Waals surface area contributed by atoms with Gasteiger partial charge in [0, 0.05) is 29.1 Å². The SMILES string of the molecule is CCc1ccc(OC)c(C2C=c3c(C(C)=NC(=N)/C=C\NC)c(O)[nH]c3=CC2CC)c1. The molecule has 0 bridgehead atoms. The van der Waals surface area contributed by atoms with Crippen LogP contribution < -0.4 is 20.6 Å². The van der Waals surface area contributed by atoms with E-state index in [1.807, 2.05) is 13.0 Å². The molecule has 0 saturated carbocycles. The summed E-state index contributed by atoms with van der Waals surface area (Å²) in [5.41, 5.74) is 3.65. The number of hydrogen-bond donors (Lipinski definition) is 4. The van der Waals surface area contributed by atoms with Crippen molar-refractivity contribution in [2.75, 3.05) is 14.2 Å². The Morgan fingerprint density at radius 3 is 2.74 bits per heavy atom. The molecule has 1 heterocycles. The van der Waals surface area contributed by atoms with E-state index in [9.17, 15) is 5.11 Å². The van der Waals surface area contributed by atoms with E-state index in [0.29, 0.717) is 11.3 Å². The van der Waals surface area contributed by atoms with E-state index in [-0.39, 0.29) is 23.6 Å². The number of aromatic amines is 1. The summed E-state index contributed by atoms with van der Waals surface area (Å²) in [5.74, 6) is 1.45. The van der Waals surface area contributed by atoms with Gasteiger partial charge in [-0.2, -0.15) is 0 Å². The number of amidine groups is 1. The molecule has 6 heteroatoms. The number of methoxy groups -OCH3 is 1. The lowest BCUT2D eigenvalue weighted by Crippen LogP contribution is -2.34. The van der Waals surface area contributed by atoms with Gasteiger partial charge in [-0.25, -0.2) is 4.99 Å². The maximum atomic E-state index is 10.7.